The molecule has 0 rings (SSSR count). The van der Waals surface area contributed by atoms with Crippen LogP contribution in [0.5, 0.6) is 0 Å². The van der Waals surface area contributed by atoms with Gasteiger partial charge in [0.2, 0.25) is 0 Å². The lowest BCUT2D eigenvalue weighted by Gasteiger charge is -2.18. The van der Waals surface area contributed by atoms with Gasteiger partial charge in [-0.05, 0) is 57.8 Å². The fraction of sp³-hybridized carbons (Fsp3) is 0.883. The van der Waals surface area contributed by atoms with E-state index in [4.69, 9.17) is 14.2 Å². The number of carbonyl (C=O) groups is 3. The van der Waals surface area contributed by atoms with Gasteiger partial charge in [-0.15, -0.1) is 0 Å². The molecule has 0 fully saturated rings. The van der Waals surface area contributed by atoms with Crippen LogP contribution in [0.4, 0.5) is 0 Å². The van der Waals surface area contributed by atoms with Gasteiger partial charge in [0.25, 0.3) is 0 Å². The highest BCUT2D eigenvalue weighted by Gasteiger charge is 2.20. The second-order valence-corrected chi connectivity index (χ2v) is 25.6. The van der Waals surface area contributed by atoms with E-state index in [0.29, 0.717) is 19.3 Å². The smallest absolute Gasteiger partial charge is 0.306 e. The molecule has 1 atom stereocenters. The lowest BCUT2D eigenvalue weighted by molar-refractivity contribution is -0.167. The number of unbranched alkanes of at least 4 members (excludes halogenated alkanes) is 53. The molecule has 0 aromatic heterocycles. The van der Waals surface area contributed by atoms with Crippen molar-refractivity contribution < 1.29 is 28.6 Å². The first kappa shape index (κ1) is 80.6. The molecule has 0 amide bonds. The van der Waals surface area contributed by atoms with Crippen LogP contribution in [0.3, 0.4) is 0 Å². The van der Waals surface area contributed by atoms with Crippen molar-refractivity contribution in [2.75, 3.05) is 13.2 Å². The van der Waals surface area contributed by atoms with Crippen molar-refractivity contribution in [3.05, 3.63) is 36.5 Å². The monoisotopic (exact) mass is 1170 g/mol. The third-order valence-electron chi connectivity index (χ3n) is 17.1. The number of hydrogen-bond donors (Lipinski definition) is 0. The quantitative estimate of drug-likeness (QED) is 0.0261. The maximum Gasteiger partial charge on any atom is 0.306 e. The molecule has 0 N–H and O–H groups in total. The molecule has 0 aliphatic carbocycles. The van der Waals surface area contributed by atoms with Crippen LogP contribution < -0.4 is 0 Å². The van der Waals surface area contributed by atoms with Crippen LogP contribution in [-0.2, 0) is 28.6 Å². The summed E-state index contributed by atoms with van der Waals surface area (Å²) in [6, 6.07) is 0. The number of esters is 3. The second-order valence-electron chi connectivity index (χ2n) is 25.6. The van der Waals surface area contributed by atoms with Gasteiger partial charge >= 0.3 is 17.9 Å². The Morgan fingerprint density at radius 1 is 0.241 bits per heavy atom. The molecule has 0 spiro atoms. The van der Waals surface area contributed by atoms with Crippen LogP contribution in [0, 0.1) is 0 Å². The van der Waals surface area contributed by atoms with Gasteiger partial charge in [-0.25, -0.2) is 0 Å². The molecular weight excluding hydrogens is 1020 g/mol. The molecule has 83 heavy (non-hydrogen) atoms. The van der Waals surface area contributed by atoms with E-state index in [1.165, 1.54) is 308 Å². The van der Waals surface area contributed by atoms with Crippen LogP contribution in [0.2, 0.25) is 0 Å². The molecule has 488 valence electrons. The molecular formula is C77H144O6. The maximum absolute atomic E-state index is 12.9. The summed E-state index contributed by atoms with van der Waals surface area (Å²) in [6.07, 6.45) is 90.7. The van der Waals surface area contributed by atoms with E-state index in [2.05, 4.69) is 57.2 Å². The Morgan fingerprint density at radius 2 is 0.434 bits per heavy atom. The summed E-state index contributed by atoms with van der Waals surface area (Å²) in [7, 11) is 0. The summed E-state index contributed by atoms with van der Waals surface area (Å²) in [5.74, 6) is -0.838. The Morgan fingerprint density at radius 3 is 0.675 bits per heavy atom. The molecule has 1 unspecified atom stereocenters. The number of hydrogen-bond acceptors (Lipinski definition) is 6. The van der Waals surface area contributed by atoms with E-state index in [1.54, 1.807) is 0 Å². The molecule has 0 saturated carbocycles. The average Bonchev–Trinajstić information content (AvgIpc) is 3.49. The fourth-order valence-electron chi connectivity index (χ4n) is 11.5. The van der Waals surface area contributed by atoms with Crippen LogP contribution in [0.1, 0.15) is 419 Å². The van der Waals surface area contributed by atoms with E-state index >= 15 is 0 Å². The third-order valence-corrected chi connectivity index (χ3v) is 17.1. The normalized spacial score (nSPS) is 12.2. The summed E-state index contributed by atoms with van der Waals surface area (Å²) in [6.45, 7) is 6.69. The standard InChI is InChI=1S/C77H144O6/c1-4-7-10-13-16-19-21-23-25-27-29-31-33-35-37-38-40-41-43-45-47-49-51-53-55-58-61-64-67-70-76(79)82-73-74(72-81-75(78)69-66-63-60-57-18-15-12-9-6-3)83-77(80)71-68-65-62-59-56-54-52-50-48-46-44-42-39-36-34-32-30-28-26-24-22-20-17-14-11-8-5-2/h21,23,27,29,33,35,74H,4-20,22,24-26,28,30-32,34,36-73H2,1-3H3/b23-21-,29-27-,35-33-. The summed E-state index contributed by atoms with van der Waals surface area (Å²) in [5.41, 5.74) is 0. The molecule has 0 aromatic carbocycles. The topological polar surface area (TPSA) is 78.9 Å². The van der Waals surface area contributed by atoms with E-state index in [-0.39, 0.29) is 31.1 Å². The van der Waals surface area contributed by atoms with Crippen LogP contribution in [0.25, 0.3) is 0 Å². The zero-order valence-corrected chi connectivity index (χ0v) is 56.2. The van der Waals surface area contributed by atoms with Gasteiger partial charge in [-0.2, -0.15) is 0 Å². The highest BCUT2D eigenvalue weighted by atomic mass is 16.6. The Hall–Kier alpha value is -2.37. The van der Waals surface area contributed by atoms with Crippen molar-refractivity contribution in [2.45, 2.75) is 425 Å². The zero-order valence-electron chi connectivity index (χ0n) is 56.2. The van der Waals surface area contributed by atoms with Crippen molar-refractivity contribution in [3.63, 3.8) is 0 Å². The number of ether oxygens (including phenoxy) is 3. The van der Waals surface area contributed by atoms with Gasteiger partial charge in [-0.3, -0.25) is 14.4 Å². The molecule has 0 saturated heterocycles. The van der Waals surface area contributed by atoms with Crippen LogP contribution in [0.15, 0.2) is 36.5 Å². The minimum Gasteiger partial charge on any atom is -0.462 e. The summed E-state index contributed by atoms with van der Waals surface area (Å²) in [5, 5.41) is 0. The predicted molar refractivity (Wildman–Crippen MR) is 362 cm³/mol. The number of allylic oxidation sites excluding steroid dienone is 6. The Kier molecular flexibility index (Phi) is 70.0. The van der Waals surface area contributed by atoms with Crippen LogP contribution >= 0.6 is 0 Å². The highest BCUT2D eigenvalue weighted by Crippen LogP contribution is 2.19. The maximum atomic E-state index is 12.9. The molecule has 0 aliphatic heterocycles. The van der Waals surface area contributed by atoms with Crippen molar-refractivity contribution in [1.82, 2.24) is 0 Å². The molecule has 0 aliphatic rings. The molecule has 6 heteroatoms. The summed E-state index contributed by atoms with van der Waals surface area (Å²) < 4.78 is 17.0. The first-order chi connectivity index (χ1) is 41.0. The number of carbonyl (C=O) groups excluding carboxylic acids is 3. The largest absolute Gasteiger partial charge is 0.462 e. The Labute approximate surface area is 518 Å². The van der Waals surface area contributed by atoms with Crippen molar-refractivity contribution in [2.24, 2.45) is 0 Å². The minimum absolute atomic E-state index is 0.0658. The molecule has 0 aromatic rings. The van der Waals surface area contributed by atoms with Crippen LogP contribution in [-0.4, -0.2) is 37.2 Å². The van der Waals surface area contributed by atoms with Crippen molar-refractivity contribution in [3.8, 4) is 0 Å². The average molecular weight is 1170 g/mol. The van der Waals surface area contributed by atoms with Gasteiger partial charge in [0.1, 0.15) is 13.2 Å². The van der Waals surface area contributed by atoms with Crippen molar-refractivity contribution >= 4 is 17.9 Å². The molecule has 0 radical (unpaired) electrons. The van der Waals surface area contributed by atoms with Gasteiger partial charge in [0.05, 0.1) is 0 Å². The first-order valence-corrected chi connectivity index (χ1v) is 37.5. The third kappa shape index (κ3) is 70.3. The lowest BCUT2D eigenvalue weighted by atomic mass is 10.0. The Bertz CT molecular complexity index is 1380. The Balaban J connectivity index is 4.07. The van der Waals surface area contributed by atoms with Gasteiger partial charge < -0.3 is 14.2 Å². The van der Waals surface area contributed by atoms with Gasteiger partial charge in [0, 0.05) is 19.3 Å². The summed E-state index contributed by atoms with van der Waals surface area (Å²) in [4.78, 5) is 38.3. The predicted octanol–water partition coefficient (Wildman–Crippen LogP) is 25.9. The molecule has 0 bridgehead atoms. The number of rotatable bonds is 70. The lowest BCUT2D eigenvalue weighted by Crippen LogP contribution is -2.30. The van der Waals surface area contributed by atoms with Gasteiger partial charge in [0.15, 0.2) is 6.10 Å². The zero-order chi connectivity index (χ0) is 59.9. The van der Waals surface area contributed by atoms with Crippen molar-refractivity contribution in [1.29, 1.82) is 0 Å². The summed E-state index contributed by atoms with van der Waals surface area (Å²) >= 11 is 0. The fourth-order valence-corrected chi connectivity index (χ4v) is 11.5. The SMILES string of the molecule is CCCCCCC/C=C\C/C=C\C/C=C\CCCCCCCCCCCCCCCCC(=O)OCC(COC(=O)CCCCCCCCCCC)OC(=O)CCCCCCCCCCCCCCCCCCCCCCCCCCCCC. The van der Waals surface area contributed by atoms with E-state index in [1.807, 2.05) is 0 Å². The second kappa shape index (κ2) is 72.1. The molecule has 0 heterocycles. The van der Waals surface area contributed by atoms with E-state index in [0.717, 1.165) is 70.6 Å². The van der Waals surface area contributed by atoms with E-state index in [9.17, 15) is 14.4 Å². The molecule has 6 nitrogen and oxygen atoms in total. The first-order valence-electron chi connectivity index (χ1n) is 37.5. The highest BCUT2D eigenvalue weighted by molar-refractivity contribution is 5.71. The minimum atomic E-state index is -0.768. The van der Waals surface area contributed by atoms with E-state index < -0.39 is 6.10 Å². The van der Waals surface area contributed by atoms with Gasteiger partial charge in [-0.1, -0.05) is 378 Å².